The summed E-state index contributed by atoms with van der Waals surface area (Å²) in [5.41, 5.74) is 0.988. The van der Waals surface area contributed by atoms with E-state index in [0.717, 1.165) is 18.4 Å². The van der Waals surface area contributed by atoms with Gasteiger partial charge in [-0.05, 0) is 71.4 Å². The number of carbonyl (C=O) groups is 2. The van der Waals surface area contributed by atoms with Crippen LogP contribution in [0.1, 0.15) is 57.9 Å². The van der Waals surface area contributed by atoms with Crippen LogP contribution in [0.2, 0.25) is 0 Å². The number of ether oxygens (including phenoxy) is 2. The maximum absolute atomic E-state index is 12.8. The first-order valence-electron chi connectivity index (χ1n) is 11.0. The molecule has 0 aromatic heterocycles. The molecule has 8 heteroatoms. The molecule has 0 saturated carbocycles. The number of rotatable bonds is 15. The maximum atomic E-state index is 12.8. The van der Waals surface area contributed by atoms with Gasteiger partial charge in [0.05, 0.1) is 18.1 Å². The van der Waals surface area contributed by atoms with Crippen molar-refractivity contribution >= 4 is 22.0 Å². The van der Waals surface area contributed by atoms with Gasteiger partial charge in [0.15, 0.2) is 0 Å². The first kappa shape index (κ1) is 27.6. The van der Waals surface area contributed by atoms with E-state index in [1.807, 2.05) is 6.92 Å². The van der Waals surface area contributed by atoms with Crippen LogP contribution in [-0.4, -0.2) is 39.6 Å². The molecule has 7 nitrogen and oxygen atoms in total. The van der Waals surface area contributed by atoms with Gasteiger partial charge >= 0.3 is 11.9 Å². The molecule has 0 aliphatic rings. The highest BCUT2D eigenvalue weighted by atomic mass is 32.2. The molecule has 178 valence electrons. The van der Waals surface area contributed by atoms with E-state index in [1.54, 1.807) is 50.3 Å². The van der Waals surface area contributed by atoms with Crippen LogP contribution in [0.4, 0.5) is 0 Å². The molecule has 0 atom stereocenters. The fraction of sp³-hybridized carbons (Fsp3) is 0.500. The van der Waals surface area contributed by atoms with Gasteiger partial charge in [-0.2, -0.15) is 0 Å². The Labute approximate surface area is 191 Å². The number of hydrogen-bond donors (Lipinski definition) is 1. The van der Waals surface area contributed by atoms with Gasteiger partial charge in [0.2, 0.25) is 10.0 Å². The average molecular weight is 466 g/mol. The van der Waals surface area contributed by atoms with Crippen LogP contribution in [0, 0.1) is 6.92 Å². The van der Waals surface area contributed by atoms with Gasteiger partial charge in [0.25, 0.3) is 0 Å². The smallest absolute Gasteiger partial charge is 0.330 e. The molecule has 0 bridgehead atoms. The molecule has 1 N–H and O–H groups in total. The summed E-state index contributed by atoms with van der Waals surface area (Å²) in [4.78, 5) is 23.0. The van der Waals surface area contributed by atoms with Crippen LogP contribution < -0.4 is 4.72 Å². The summed E-state index contributed by atoms with van der Waals surface area (Å²) < 4.78 is 38.1. The Morgan fingerprint density at radius 3 is 1.81 bits per heavy atom. The lowest BCUT2D eigenvalue weighted by Crippen LogP contribution is -2.34. The third kappa shape index (κ3) is 11.8. The van der Waals surface area contributed by atoms with Crippen molar-refractivity contribution in [3.05, 3.63) is 54.1 Å². The second kappa shape index (κ2) is 15.4. The van der Waals surface area contributed by atoms with Crippen LogP contribution in [0.5, 0.6) is 0 Å². The minimum Gasteiger partial charge on any atom is -0.463 e. The summed E-state index contributed by atoms with van der Waals surface area (Å²) >= 11 is 0. The number of allylic oxidation sites excluding steroid dienone is 2. The molecule has 1 aromatic rings. The van der Waals surface area contributed by atoms with E-state index in [4.69, 9.17) is 9.47 Å². The number of carbonyl (C=O) groups excluding carboxylic acids is 2. The third-order valence-corrected chi connectivity index (χ3v) is 6.12. The maximum Gasteiger partial charge on any atom is 0.330 e. The van der Waals surface area contributed by atoms with Gasteiger partial charge in [0, 0.05) is 18.2 Å². The lowest BCUT2D eigenvalue weighted by atomic mass is 10.0. The molecule has 1 aromatic carbocycles. The van der Waals surface area contributed by atoms with Crippen molar-refractivity contribution in [1.82, 2.24) is 4.72 Å². The first-order valence-corrected chi connectivity index (χ1v) is 12.5. The fourth-order valence-electron chi connectivity index (χ4n) is 2.97. The zero-order chi connectivity index (χ0) is 23.8. The van der Waals surface area contributed by atoms with Crippen molar-refractivity contribution < 1.29 is 27.5 Å². The molecule has 0 amide bonds. The van der Waals surface area contributed by atoms with Crippen molar-refractivity contribution in [2.45, 2.75) is 70.2 Å². The monoisotopic (exact) mass is 465 g/mol. The average Bonchev–Trinajstić information content (AvgIpc) is 2.73. The highest BCUT2D eigenvalue weighted by Crippen LogP contribution is 2.16. The van der Waals surface area contributed by atoms with Gasteiger partial charge in [-0.3, -0.25) is 0 Å². The minimum absolute atomic E-state index is 0.234. The van der Waals surface area contributed by atoms with E-state index >= 15 is 0 Å². The Bertz CT molecular complexity index is 825. The van der Waals surface area contributed by atoms with E-state index in [-0.39, 0.29) is 22.9 Å². The number of nitrogens with one attached hydrogen (secondary N) is 1. The summed E-state index contributed by atoms with van der Waals surface area (Å²) in [6.07, 6.45) is 10.3. The van der Waals surface area contributed by atoms with Crippen molar-refractivity contribution in [3.8, 4) is 0 Å². The number of sulfonamides is 1. The molecule has 0 fully saturated rings. The highest BCUT2D eigenvalue weighted by Gasteiger charge is 2.19. The molecular weight excluding hydrogens is 430 g/mol. The minimum atomic E-state index is -3.64. The van der Waals surface area contributed by atoms with Crippen molar-refractivity contribution in [3.63, 3.8) is 0 Å². The SMILES string of the molecule is CCOC(=O)/C=C/CCCC(CCC/C=C/C(=O)OCC)NS(=O)(=O)c1ccc(C)cc1. The second-order valence-electron chi connectivity index (χ2n) is 7.30. The second-order valence-corrected chi connectivity index (χ2v) is 9.02. The van der Waals surface area contributed by atoms with Gasteiger partial charge in [-0.15, -0.1) is 0 Å². The molecule has 32 heavy (non-hydrogen) atoms. The number of benzene rings is 1. The zero-order valence-electron chi connectivity index (χ0n) is 19.2. The van der Waals surface area contributed by atoms with E-state index in [2.05, 4.69) is 4.72 Å². The van der Waals surface area contributed by atoms with Crippen molar-refractivity contribution in [1.29, 1.82) is 0 Å². The van der Waals surface area contributed by atoms with Gasteiger partial charge in [-0.25, -0.2) is 22.7 Å². The van der Waals surface area contributed by atoms with Crippen LogP contribution in [-0.2, 0) is 29.1 Å². The van der Waals surface area contributed by atoms with Crippen molar-refractivity contribution in [2.75, 3.05) is 13.2 Å². The molecule has 0 aliphatic carbocycles. The normalized spacial score (nSPS) is 12.0. The quantitative estimate of drug-likeness (QED) is 0.237. The Kier molecular flexibility index (Phi) is 13.2. The molecular formula is C24H35NO6S. The van der Waals surface area contributed by atoms with Gasteiger partial charge in [-0.1, -0.05) is 29.8 Å². The van der Waals surface area contributed by atoms with Crippen LogP contribution in [0.25, 0.3) is 0 Å². The van der Waals surface area contributed by atoms with E-state index in [9.17, 15) is 18.0 Å². The lowest BCUT2D eigenvalue weighted by Gasteiger charge is -2.18. The van der Waals surface area contributed by atoms with Crippen LogP contribution >= 0.6 is 0 Å². The fourth-order valence-corrected chi connectivity index (χ4v) is 4.28. The number of hydrogen-bond acceptors (Lipinski definition) is 6. The number of unbranched alkanes of at least 4 members (excludes halogenated alkanes) is 2. The standard InChI is InChI=1S/C24H35NO6S/c1-4-30-23(26)14-10-6-8-12-21(13-9-7-11-15-24(27)31-5-2)25-32(28,29)22-18-16-20(3)17-19-22/h10-11,14-19,21,25H,4-9,12-13H2,1-3H3/b14-10+,15-11+. The summed E-state index contributed by atoms with van der Waals surface area (Å²) in [7, 11) is -3.64. The molecule has 0 aliphatic heterocycles. The lowest BCUT2D eigenvalue weighted by molar-refractivity contribution is -0.138. The predicted octanol–water partition coefficient (Wildman–Crippen LogP) is 4.22. The summed E-state index contributed by atoms with van der Waals surface area (Å²) in [5, 5.41) is 0. The van der Waals surface area contributed by atoms with Gasteiger partial charge in [0.1, 0.15) is 0 Å². The Morgan fingerprint density at radius 1 is 0.906 bits per heavy atom. The highest BCUT2D eigenvalue weighted by molar-refractivity contribution is 7.89. The van der Waals surface area contributed by atoms with Crippen LogP contribution in [0.3, 0.4) is 0 Å². The molecule has 0 saturated heterocycles. The Balaban J connectivity index is 2.67. The molecule has 1 rings (SSSR count). The van der Waals surface area contributed by atoms with E-state index in [1.165, 1.54) is 12.2 Å². The van der Waals surface area contributed by atoms with Gasteiger partial charge < -0.3 is 9.47 Å². The zero-order valence-corrected chi connectivity index (χ0v) is 20.0. The topological polar surface area (TPSA) is 98.8 Å². The largest absolute Gasteiger partial charge is 0.463 e. The first-order chi connectivity index (χ1) is 15.3. The number of aryl methyl sites for hydroxylation is 1. The molecule has 0 radical (unpaired) electrons. The summed E-state index contributed by atoms with van der Waals surface area (Å²) in [5.74, 6) is -0.755. The van der Waals surface area contributed by atoms with E-state index < -0.39 is 10.0 Å². The summed E-state index contributed by atoms with van der Waals surface area (Å²) in [6, 6.07) is 6.47. The molecule has 0 unspecified atom stereocenters. The Morgan fingerprint density at radius 2 is 1.38 bits per heavy atom. The van der Waals surface area contributed by atoms with Crippen LogP contribution in [0.15, 0.2) is 53.5 Å². The van der Waals surface area contributed by atoms with Crippen molar-refractivity contribution in [2.24, 2.45) is 0 Å². The molecule has 0 heterocycles. The van der Waals surface area contributed by atoms with E-state index in [0.29, 0.717) is 38.9 Å². The Hall–Kier alpha value is -2.45. The number of esters is 2. The predicted molar refractivity (Wildman–Crippen MR) is 125 cm³/mol. The molecule has 0 spiro atoms. The third-order valence-electron chi connectivity index (χ3n) is 4.58. The summed E-state index contributed by atoms with van der Waals surface area (Å²) in [6.45, 7) is 6.06.